The van der Waals surface area contributed by atoms with Gasteiger partial charge in [-0.05, 0) is 42.9 Å². The predicted molar refractivity (Wildman–Crippen MR) is 121 cm³/mol. The van der Waals surface area contributed by atoms with E-state index in [4.69, 9.17) is 16.3 Å². The van der Waals surface area contributed by atoms with Crippen LogP contribution >= 0.6 is 22.9 Å². The molecule has 0 bridgehead atoms. The van der Waals surface area contributed by atoms with E-state index >= 15 is 0 Å². The average molecular weight is 542 g/mol. The largest absolute Gasteiger partial charge is 0.493 e. The van der Waals surface area contributed by atoms with Crippen LogP contribution in [0.3, 0.4) is 0 Å². The molecule has 3 rings (SSSR count). The van der Waals surface area contributed by atoms with Crippen molar-refractivity contribution in [3.05, 3.63) is 46.2 Å². The van der Waals surface area contributed by atoms with Crippen LogP contribution in [0, 0.1) is 23.2 Å². The van der Waals surface area contributed by atoms with E-state index in [2.05, 4.69) is 17.3 Å². The third-order valence-corrected chi connectivity index (χ3v) is 7.43. The molecule has 0 saturated heterocycles. The van der Waals surface area contributed by atoms with Gasteiger partial charge in [0.25, 0.3) is 0 Å². The second-order valence-corrected chi connectivity index (χ2v) is 9.75. The number of thiazole rings is 1. The summed E-state index contributed by atoms with van der Waals surface area (Å²) in [6, 6.07) is 7.81. The molecule has 1 radical (unpaired) electrons. The van der Waals surface area contributed by atoms with Gasteiger partial charge in [0.05, 0.1) is 12.7 Å². The summed E-state index contributed by atoms with van der Waals surface area (Å²) < 4.78 is 19.1. The van der Waals surface area contributed by atoms with Crippen LogP contribution in [0.15, 0.2) is 24.3 Å². The Kier molecular flexibility index (Phi) is 12.5. The quantitative estimate of drug-likeness (QED) is 0.184. The first kappa shape index (κ1) is 27.2. The second kappa shape index (κ2) is 14.3. The molecule has 2 unspecified atom stereocenters. The van der Waals surface area contributed by atoms with E-state index in [9.17, 15) is 9.50 Å². The maximum atomic E-state index is 13.0. The van der Waals surface area contributed by atoms with Gasteiger partial charge in [0.2, 0.25) is 0 Å². The van der Waals surface area contributed by atoms with E-state index in [1.165, 1.54) is 11.3 Å². The van der Waals surface area contributed by atoms with Crippen LogP contribution in [0.1, 0.15) is 75.0 Å². The Morgan fingerprint density at radius 2 is 2.16 bits per heavy atom. The number of hydrogen-bond donors (Lipinski definition) is 1. The van der Waals surface area contributed by atoms with Gasteiger partial charge in [-0.1, -0.05) is 62.6 Å². The third-order valence-electron chi connectivity index (χ3n) is 6.09. The van der Waals surface area contributed by atoms with Gasteiger partial charge in [-0.3, -0.25) is 0 Å². The van der Waals surface area contributed by atoms with Gasteiger partial charge >= 0.3 is 0 Å². The molecule has 1 aromatic carbocycles. The number of benzene rings is 1. The Hall–Kier alpha value is -0.0661. The van der Waals surface area contributed by atoms with Crippen LogP contribution in [-0.4, -0.2) is 22.1 Å². The molecule has 31 heavy (non-hydrogen) atoms. The maximum Gasteiger partial charge on any atom is 0.119 e. The smallest absolute Gasteiger partial charge is 0.119 e. The molecule has 1 aliphatic rings. The number of alkyl halides is 1. The van der Waals surface area contributed by atoms with Crippen LogP contribution in [-0.2, 0) is 39.1 Å². The molecule has 0 spiro atoms. The van der Waals surface area contributed by atoms with Crippen LogP contribution in [0.4, 0.5) is 4.39 Å². The summed E-state index contributed by atoms with van der Waals surface area (Å²) in [6.07, 6.45) is 8.61. The fourth-order valence-corrected chi connectivity index (χ4v) is 5.36. The molecule has 2 aromatic rings. The minimum Gasteiger partial charge on any atom is -0.493 e. The number of nitrogens with zero attached hydrogens (tertiary/aromatic N) is 1. The molecule has 169 valence electrons. The van der Waals surface area contributed by atoms with Crippen molar-refractivity contribution in [1.82, 2.24) is 4.98 Å². The Bertz CT molecular complexity index is 778. The standard InChI is InChI=1S/C24H32ClFNO2S.Y/c1-2-3-4-10-22(28)18-8-5-9-19(14-18)29-15-20-17(12-13-21(20)25)7-6-11-24-27-23(26)16-30-24;/h5,8-9,14,17,20-22,28H,2-4,6-7,10-13,15H2,1H3;/q-1;/t17-,20+,21?,22?;/m0./s1. The number of rotatable bonds is 12. The first-order valence-electron chi connectivity index (χ1n) is 11.1. The summed E-state index contributed by atoms with van der Waals surface area (Å²) in [6.45, 7) is 2.76. The van der Waals surface area contributed by atoms with Crippen molar-refractivity contribution in [1.29, 1.82) is 0 Å². The molecule has 1 heterocycles. The summed E-state index contributed by atoms with van der Waals surface area (Å²) in [5.74, 6) is 1.12. The van der Waals surface area contributed by atoms with Gasteiger partial charge < -0.3 is 26.2 Å². The minimum absolute atomic E-state index is 0. The zero-order valence-corrected chi connectivity index (χ0v) is 22.6. The molecule has 4 atom stereocenters. The third kappa shape index (κ3) is 8.66. The van der Waals surface area contributed by atoms with E-state index in [0.717, 1.165) is 74.1 Å². The molecular weight excluding hydrogens is 510 g/mol. The van der Waals surface area contributed by atoms with Crippen molar-refractivity contribution in [2.75, 3.05) is 6.61 Å². The van der Waals surface area contributed by atoms with Crippen molar-refractivity contribution in [3.63, 3.8) is 0 Å². The molecule has 1 saturated carbocycles. The van der Waals surface area contributed by atoms with Gasteiger partial charge in [-0.15, -0.1) is 17.0 Å². The van der Waals surface area contributed by atoms with E-state index in [1.807, 2.05) is 24.3 Å². The molecule has 1 aliphatic carbocycles. The van der Waals surface area contributed by atoms with Gasteiger partial charge in [0, 0.05) is 44.0 Å². The maximum absolute atomic E-state index is 13.0. The molecule has 0 aliphatic heterocycles. The number of aliphatic hydroxyl groups is 1. The predicted octanol–water partition coefficient (Wildman–Crippen LogP) is 6.73. The van der Waals surface area contributed by atoms with Crippen molar-refractivity contribution < 1.29 is 46.9 Å². The summed E-state index contributed by atoms with van der Waals surface area (Å²) in [4.78, 5) is 3.86. The number of ether oxygens (including phenoxy) is 1. The molecule has 3 nitrogen and oxygen atoms in total. The van der Waals surface area contributed by atoms with Gasteiger partial charge in [-0.25, -0.2) is 4.39 Å². The Morgan fingerprint density at radius 1 is 1.32 bits per heavy atom. The number of aryl methyl sites for hydroxylation is 1. The summed E-state index contributed by atoms with van der Waals surface area (Å²) in [5.41, 5.74) is 0.918. The molecule has 1 fully saturated rings. The molecule has 1 N–H and O–H groups in total. The number of halogens is 2. The topological polar surface area (TPSA) is 42.4 Å². The van der Waals surface area contributed by atoms with Crippen molar-refractivity contribution in [3.8, 4) is 5.75 Å². The fraction of sp³-hybridized carbons (Fsp3) is 0.625. The number of hydrogen-bond acceptors (Lipinski definition) is 4. The molecule has 1 aromatic heterocycles. The monoisotopic (exact) mass is 541 g/mol. The van der Waals surface area contributed by atoms with Crippen LogP contribution in [0.25, 0.3) is 0 Å². The Balaban J connectivity index is 0.00000341. The van der Waals surface area contributed by atoms with E-state index in [0.29, 0.717) is 18.4 Å². The normalized spacial score (nSPS) is 21.6. The van der Waals surface area contributed by atoms with E-state index in [-0.39, 0.29) is 38.1 Å². The fourth-order valence-electron chi connectivity index (χ4n) is 4.33. The molecular formula is C24H32ClFNO2SY-. The average Bonchev–Trinajstić information content (AvgIpc) is 3.32. The van der Waals surface area contributed by atoms with Crippen LogP contribution in [0.5, 0.6) is 5.75 Å². The minimum atomic E-state index is -0.499. The first-order valence-corrected chi connectivity index (χ1v) is 12.4. The summed E-state index contributed by atoms with van der Waals surface area (Å²) in [7, 11) is 0. The first-order chi connectivity index (χ1) is 14.6. The second-order valence-electron chi connectivity index (χ2n) is 8.31. The Morgan fingerprint density at radius 3 is 2.90 bits per heavy atom. The zero-order valence-electron chi connectivity index (χ0n) is 18.2. The van der Waals surface area contributed by atoms with Gasteiger partial charge in [0.1, 0.15) is 11.7 Å². The van der Waals surface area contributed by atoms with Crippen molar-refractivity contribution in [2.45, 2.75) is 76.2 Å². The van der Waals surface area contributed by atoms with Crippen LogP contribution in [0.2, 0.25) is 0 Å². The number of aromatic nitrogens is 1. The molecule has 7 heteroatoms. The van der Waals surface area contributed by atoms with E-state index < -0.39 is 12.1 Å². The Labute approximate surface area is 220 Å². The van der Waals surface area contributed by atoms with Crippen LogP contribution < -0.4 is 4.74 Å². The summed E-state index contributed by atoms with van der Waals surface area (Å²) in [5, 5.41) is 13.9. The van der Waals surface area contributed by atoms with Crippen molar-refractivity contribution in [2.24, 2.45) is 11.8 Å². The number of unbranched alkanes of at least 4 members (excludes halogenated alkanes) is 2. The number of aliphatic hydroxyl groups excluding tert-OH is 1. The van der Waals surface area contributed by atoms with Gasteiger partial charge in [0.15, 0.2) is 0 Å². The SMILES string of the molecule is CCCCCC(O)c1cccc(OC[C@H]2C(Cl)CC[C@@H]2CCCc2nc(F)[c-]s2)c1.[Y]. The molecule has 0 amide bonds. The summed E-state index contributed by atoms with van der Waals surface area (Å²) >= 11 is 7.87. The zero-order chi connectivity index (χ0) is 21.3. The van der Waals surface area contributed by atoms with Gasteiger partial charge in [-0.2, -0.15) is 0 Å². The van der Waals surface area contributed by atoms with Crippen molar-refractivity contribution >= 4 is 22.9 Å². The van der Waals surface area contributed by atoms with E-state index in [1.54, 1.807) is 0 Å².